The van der Waals surface area contributed by atoms with Crippen molar-refractivity contribution in [3.63, 3.8) is 0 Å². The van der Waals surface area contributed by atoms with Crippen molar-refractivity contribution in [1.29, 1.82) is 0 Å². The molecule has 1 heterocycles. The Balaban J connectivity index is 2.20. The first-order valence-electron chi connectivity index (χ1n) is 5.86. The second kappa shape index (κ2) is 5.22. The molecule has 100 valence electrons. The third-order valence-corrected chi connectivity index (χ3v) is 2.66. The topological polar surface area (TPSA) is 43.8 Å². The molecular weight excluding hydrogens is 248 g/mol. The average molecular weight is 263 g/mol. The zero-order valence-electron chi connectivity index (χ0n) is 10.7. The van der Waals surface area contributed by atoms with Crippen molar-refractivity contribution in [3.8, 4) is 0 Å². The van der Waals surface area contributed by atoms with Crippen molar-refractivity contribution in [1.82, 2.24) is 9.78 Å². The Morgan fingerprint density at radius 1 is 1.37 bits per heavy atom. The first-order valence-corrected chi connectivity index (χ1v) is 5.86. The summed E-state index contributed by atoms with van der Waals surface area (Å²) in [6, 6.07) is 4.43. The molecule has 0 bridgehead atoms. The lowest BCUT2D eigenvalue weighted by atomic mass is 10.1. The van der Waals surface area contributed by atoms with Crippen LogP contribution in [0.15, 0.2) is 36.5 Å². The van der Waals surface area contributed by atoms with Crippen LogP contribution in [0.4, 0.5) is 14.5 Å². The van der Waals surface area contributed by atoms with Crippen LogP contribution in [0.2, 0.25) is 0 Å². The number of anilines is 1. The van der Waals surface area contributed by atoms with E-state index >= 15 is 0 Å². The zero-order valence-corrected chi connectivity index (χ0v) is 10.7. The molecule has 1 aromatic carbocycles. The highest BCUT2D eigenvalue weighted by Crippen LogP contribution is 2.16. The molecule has 0 radical (unpaired) electrons. The van der Waals surface area contributed by atoms with E-state index in [-0.39, 0.29) is 17.8 Å². The Kier molecular flexibility index (Phi) is 3.64. The molecule has 3 nitrogen and oxygen atoms in total. The van der Waals surface area contributed by atoms with E-state index in [9.17, 15) is 8.78 Å². The molecule has 19 heavy (non-hydrogen) atoms. The minimum atomic E-state index is -0.501. The fourth-order valence-electron chi connectivity index (χ4n) is 1.79. The van der Waals surface area contributed by atoms with Crippen molar-refractivity contribution >= 4 is 5.69 Å². The molecule has 0 atom stereocenters. The number of nitrogen functional groups attached to an aromatic ring is 1. The SMILES string of the molecule is C=C(C)Cn1cc(F)c(Cc2ccc(N)c(F)c2)n1. The van der Waals surface area contributed by atoms with Crippen molar-refractivity contribution in [2.24, 2.45) is 0 Å². The van der Waals surface area contributed by atoms with Crippen LogP contribution in [0.5, 0.6) is 0 Å². The maximum atomic E-state index is 13.7. The van der Waals surface area contributed by atoms with Gasteiger partial charge >= 0.3 is 0 Å². The van der Waals surface area contributed by atoms with Crippen LogP contribution in [0.25, 0.3) is 0 Å². The normalized spacial score (nSPS) is 10.7. The van der Waals surface area contributed by atoms with Gasteiger partial charge in [0, 0.05) is 6.42 Å². The lowest BCUT2D eigenvalue weighted by Gasteiger charge is -2.02. The van der Waals surface area contributed by atoms with Gasteiger partial charge in [-0.25, -0.2) is 8.78 Å². The van der Waals surface area contributed by atoms with Crippen molar-refractivity contribution in [3.05, 3.63) is 59.4 Å². The molecule has 0 fully saturated rings. The summed E-state index contributed by atoms with van der Waals surface area (Å²) >= 11 is 0. The Hall–Kier alpha value is -2.17. The largest absolute Gasteiger partial charge is 0.396 e. The Bertz CT molecular complexity index is 617. The molecule has 0 aliphatic heterocycles. The van der Waals surface area contributed by atoms with Gasteiger partial charge in [0.2, 0.25) is 0 Å². The van der Waals surface area contributed by atoms with Crippen molar-refractivity contribution in [2.45, 2.75) is 19.9 Å². The number of aromatic nitrogens is 2. The Morgan fingerprint density at radius 3 is 2.74 bits per heavy atom. The summed E-state index contributed by atoms with van der Waals surface area (Å²) in [7, 11) is 0. The Labute approximate surface area is 110 Å². The molecule has 0 saturated carbocycles. The predicted molar refractivity (Wildman–Crippen MR) is 70.6 cm³/mol. The highest BCUT2D eigenvalue weighted by atomic mass is 19.1. The highest BCUT2D eigenvalue weighted by Gasteiger charge is 2.10. The number of allylic oxidation sites excluding steroid dienone is 1. The molecule has 2 N–H and O–H groups in total. The van der Waals surface area contributed by atoms with Gasteiger partial charge in [-0.1, -0.05) is 18.2 Å². The van der Waals surface area contributed by atoms with E-state index in [4.69, 9.17) is 5.73 Å². The first-order chi connectivity index (χ1) is 8.95. The summed E-state index contributed by atoms with van der Waals surface area (Å²) in [6.45, 7) is 6.06. The van der Waals surface area contributed by atoms with Crippen molar-refractivity contribution in [2.75, 3.05) is 5.73 Å². The minimum absolute atomic E-state index is 0.0806. The number of rotatable bonds is 4. The van der Waals surface area contributed by atoms with E-state index in [0.717, 1.165) is 5.57 Å². The summed E-state index contributed by atoms with van der Waals surface area (Å²) < 4.78 is 28.5. The zero-order chi connectivity index (χ0) is 14.0. The minimum Gasteiger partial charge on any atom is -0.396 e. The number of nitrogens with zero attached hydrogens (tertiary/aromatic N) is 2. The van der Waals surface area contributed by atoms with E-state index < -0.39 is 11.6 Å². The number of halogens is 2. The molecule has 2 rings (SSSR count). The van der Waals surface area contributed by atoms with E-state index in [1.165, 1.54) is 23.0 Å². The maximum absolute atomic E-state index is 13.7. The van der Waals surface area contributed by atoms with Gasteiger partial charge < -0.3 is 5.73 Å². The molecule has 1 aromatic heterocycles. The molecule has 0 unspecified atom stereocenters. The van der Waals surface area contributed by atoms with Gasteiger partial charge in [0.25, 0.3) is 0 Å². The fourth-order valence-corrected chi connectivity index (χ4v) is 1.79. The molecule has 0 aliphatic carbocycles. The lowest BCUT2D eigenvalue weighted by Crippen LogP contribution is -2.01. The van der Waals surface area contributed by atoms with Gasteiger partial charge in [-0.2, -0.15) is 5.10 Å². The average Bonchev–Trinajstić information content (AvgIpc) is 2.63. The second-order valence-corrected chi connectivity index (χ2v) is 4.61. The van der Waals surface area contributed by atoms with E-state index in [1.54, 1.807) is 6.07 Å². The van der Waals surface area contributed by atoms with E-state index in [1.807, 2.05) is 6.92 Å². The van der Waals surface area contributed by atoms with Gasteiger partial charge in [0.1, 0.15) is 11.5 Å². The first kappa shape index (κ1) is 13.3. The summed E-state index contributed by atoms with van der Waals surface area (Å²) in [5.41, 5.74) is 7.27. The molecule has 0 spiro atoms. The standard InChI is InChI=1S/C14H15F2N3/c1-9(2)7-19-8-12(16)14(18-19)6-10-3-4-13(17)11(15)5-10/h3-5,8H,1,6-7,17H2,2H3. The van der Waals surface area contributed by atoms with Gasteiger partial charge in [-0.15, -0.1) is 0 Å². The summed E-state index contributed by atoms with van der Waals surface area (Å²) in [5.74, 6) is -0.905. The quantitative estimate of drug-likeness (QED) is 0.681. The van der Waals surface area contributed by atoms with Crippen LogP contribution in [-0.4, -0.2) is 9.78 Å². The number of hydrogen-bond donors (Lipinski definition) is 1. The third kappa shape index (κ3) is 3.19. The van der Waals surface area contributed by atoms with Crippen LogP contribution < -0.4 is 5.73 Å². The number of nitrogens with two attached hydrogens (primary N) is 1. The van der Waals surface area contributed by atoms with Gasteiger partial charge in [0.15, 0.2) is 5.82 Å². The van der Waals surface area contributed by atoms with Crippen LogP contribution in [0.3, 0.4) is 0 Å². The van der Waals surface area contributed by atoms with Crippen LogP contribution in [-0.2, 0) is 13.0 Å². The fraction of sp³-hybridized carbons (Fsp3) is 0.214. The third-order valence-electron chi connectivity index (χ3n) is 2.66. The Morgan fingerprint density at radius 2 is 2.11 bits per heavy atom. The monoisotopic (exact) mass is 263 g/mol. The maximum Gasteiger partial charge on any atom is 0.164 e. The molecule has 0 aliphatic rings. The summed E-state index contributed by atoms with van der Waals surface area (Å²) in [4.78, 5) is 0. The molecular formula is C14H15F2N3. The van der Waals surface area contributed by atoms with Gasteiger partial charge in [0.05, 0.1) is 18.4 Å². The van der Waals surface area contributed by atoms with Crippen LogP contribution in [0.1, 0.15) is 18.2 Å². The number of hydrogen-bond acceptors (Lipinski definition) is 2. The second-order valence-electron chi connectivity index (χ2n) is 4.61. The molecule has 5 heteroatoms. The van der Waals surface area contributed by atoms with Crippen LogP contribution >= 0.6 is 0 Å². The molecule has 0 saturated heterocycles. The highest BCUT2D eigenvalue weighted by molar-refractivity contribution is 5.42. The molecule has 0 amide bonds. The van der Waals surface area contributed by atoms with Gasteiger partial charge in [-0.05, 0) is 24.6 Å². The number of benzene rings is 1. The van der Waals surface area contributed by atoms with Crippen molar-refractivity contribution < 1.29 is 8.78 Å². The van der Waals surface area contributed by atoms with E-state index in [2.05, 4.69) is 11.7 Å². The van der Waals surface area contributed by atoms with E-state index in [0.29, 0.717) is 12.1 Å². The van der Waals surface area contributed by atoms with Gasteiger partial charge in [-0.3, -0.25) is 4.68 Å². The summed E-state index contributed by atoms with van der Waals surface area (Å²) in [6.07, 6.45) is 1.55. The summed E-state index contributed by atoms with van der Waals surface area (Å²) in [5, 5.41) is 4.12. The van der Waals surface area contributed by atoms with Crippen LogP contribution in [0, 0.1) is 11.6 Å². The lowest BCUT2D eigenvalue weighted by molar-refractivity contribution is 0.610. The smallest absolute Gasteiger partial charge is 0.164 e. The predicted octanol–water partition coefficient (Wildman–Crippen LogP) is 2.91. The molecule has 2 aromatic rings.